The summed E-state index contributed by atoms with van der Waals surface area (Å²) < 4.78 is 0. The fourth-order valence-electron chi connectivity index (χ4n) is 3.62. The van der Waals surface area contributed by atoms with Crippen molar-refractivity contribution in [3.05, 3.63) is 0 Å². The molecule has 0 saturated carbocycles. The van der Waals surface area contributed by atoms with Crippen molar-refractivity contribution in [3.63, 3.8) is 0 Å². The minimum absolute atomic E-state index is 0.696. The van der Waals surface area contributed by atoms with Crippen LogP contribution in [0.3, 0.4) is 0 Å². The molecular weight excluding hydrogens is 246 g/mol. The highest BCUT2D eigenvalue weighted by Crippen LogP contribution is 2.21. The standard InChI is InChI=1S/C17H35N3/c1-15(2)12-18-13-16(3)20-10-6-17(7-11-20)14-19-8-4-5-9-19/h15-18H,4-14H2,1-3H3. The van der Waals surface area contributed by atoms with Gasteiger partial charge in [-0.05, 0) is 77.2 Å². The highest BCUT2D eigenvalue weighted by Gasteiger charge is 2.24. The van der Waals surface area contributed by atoms with Crippen molar-refractivity contribution in [1.29, 1.82) is 0 Å². The molecule has 0 aliphatic carbocycles. The maximum atomic E-state index is 3.60. The van der Waals surface area contributed by atoms with Crippen LogP contribution in [0.2, 0.25) is 0 Å². The maximum absolute atomic E-state index is 3.60. The van der Waals surface area contributed by atoms with Gasteiger partial charge in [-0.3, -0.25) is 4.90 Å². The molecule has 0 aromatic rings. The fourth-order valence-corrected chi connectivity index (χ4v) is 3.62. The van der Waals surface area contributed by atoms with Gasteiger partial charge in [-0.2, -0.15) is 0 Å². The molecule has 0 radical (unpaired) electrons. The van der Waals surface area contributed by atoms with E-state index in [-0.39, 0.29) is 0 Å². The van der Waals surface area contributed by atoms with Crippen LogP contribution >= 0.6 is 0 Å². The first-order valence-electron chi connectivity index (χ1n) is 8.82. The van der Waals surface area contributed by atoms with Crippen molar-refractivity contribution in [2.45, 2.75) is 52.5 Å². The summed E-state index contributed by atoms with van der Waals surface area (Å²) in [6.45, 7) is 15.9. The highest BCUT2D eigenvalue weighted by atomic mass is 15.2. The molecule has 1 atom stereocenters. The Morgan fingerprint density at radius 2 is 1.60 bits per heavy atom. The molecule has 0 aromatic heterocycles. The summed E-state index contributed by atoms with van der Waals surface area (Å²) in [4.78, 5) is 5.38. The minimum atomic E-state index is 0.696. The van der Waals surface area contributed by atoms with Gasteiger partial charge in [-0.15, -0.1) is 0 Å². The lowest BCUT2D eigenvalue weighted by Gasteiger charge is -2.37. The zero-order valence-electron chi connectivity index (χ0n) is 13.9. The quantitative estimate of drug-likeness (QED) is 0.773. The predicted molar refractivity (Wildman–Crippen MR) is 87.1 cm³/mol. The monoisotopic (exact) mass is 281 g/mol. The average molecular weight is 281 g/mol. The first kappa shape index (κ1) is 16.3. The van der Waals surface area contributed by atoms with E-state index in [0.717, 1.165) is 24.9 Å². The van der Waals surface area contributed by atoms with Crippen LogP contribution in [0, 0.1) is 11.8 Å². The molecule has 2 aliphatic rings. The second kappa shape index (κ2) is 8.35. The third-order valence-electron chi connectivity index (χ3n) is 4.98. The molecular formula is C17H35N3. The normalized spacial score (nSPS) is 24.6. The number of hydrogen-bond acceptors (Lipinski definition) is 3. The zero-order chi connectivity index (χ0) is 14.4. The lowest BCUT2D eigenvalue weighted by atomic mass is 9.95. The molecule has 1 N–H and O–H groups in total. The van der Waals surface area contributed by atoms with Gasteiger partial charge in [0.15, 0.2) is 0 Å². The highest BCUT2D eigenvalue weighted by molar-refractivity contribution is 4.80. The van der Waals surface area contributed by atoms with Crippen molar-refractivity contribution >= 4 is 0 Å². The summed E-state index contributed by atoms with van der Waals surface area (Å²) in [7, 11) is 0. The zero-order valence-corrected chi connectivity index (χ0v) is 13.9. The fraction of sp³-hybridized carbons (Fsp3) is 1.00. The number of hydrogen-bond donors (Lipinski definition) is 1. The average Bonchev–Trinajstić information content (AvgIpc) is 2.92. The van der Waals surface area contributed by atoms with Gasteiger partial charge in [0.2, 0.25) is 0 Å². The topological polar surface area (TPSA) is 18.5 Å². The molecule has 2 rings (SSSR count). The first-order chi connectivity index (χ1) is 9.65. The van der Waals surface area contributed by atoms with Crippen LogP contribution in [0.25, 0.3) is 0 Å². The van der Waals surface area contributed by atoms with E-state index in [1.165, 1.54) is 58.4 Å². The first-order valence-corrected chi connectivity index (χ1v) is 8.82. The molecule has 3 heteroatoms. The largest absolute Gasteiger partial charge is 0.315 e. The van der Waals surface area contributed by atoms with Crippen LogP contribution in [0.15, 0.2) is 0 Å². The third-order valence-corrected chi connectivity index (χ3v) is 4.98. The van der Waals surface area contributed by atoms with Crippen LogP contribution in [0.5, 0.6) is 0 Å². The molecule has 0 amide bonds. The van der Waals surface area contributed by atoms with Gasteiger partial charge in [0.1, 0.15) is 0 Å². The second-order valence-corrected chi connectivity index (χ2v) is 7.39. The summed E-state index contributed by atoms with van der Waals surface area (Å²) in [6, 6.07) is 0.696. The van der Waals surface area contributed by atoms with Gasteiger partial charge >= 0.3 is 0 Å². The van der Waals surface area contributed by atoms with E-state index >= 15 is 0 Å². The van der Waals surface area contributed by atoms with E-state index in [9.17, 15) is 0 Å². The number of nitrogens with one attached hydrogen (secondary N) is 1. The molecule has 20 heavy (non-hydrogen) atoms. The Morgan fingerprint density at radius 1 is 0.950 bits per heavy atom. The SMILES string of the molecule is CC(C)CNCC(C)N1CCC(CN2CCCC2)CC1. The Balaban J connectivity index is 1.60. The third kappa shape index (κ3) is 5.34. The van der Waals surface area contributed by atoms with Gasteiger partial charge < -0.3 is 10.2 Å². The molecule has 0 spiro atoms. The number of piperidine rings is 1. The van der Waals surface area contributed by atoms with E-state index in [4.69, 9.17) is 0 Å². The van der Waals surface area contributed by atoms with Gasteiger partial charge in [0.25, 0.3) is 0 Å². The molecule has 118 valence electrons. The summed E-state index contributed by atoms with van der Waals surface area (Å²) in [5.41, 5.74) is 0. The molecule has 3 nitrogen and oxygen atoms in total. The lowest BCUT2D eigenvalue weighted by Crippen LogP contribution is -2.46. The second-order valence-electron chi connectivity index (χ2n) is 7.39. The van der Waals surface area contributed by atoms with Crippen LogP contribution in [0.1, 0.15) is 46.5 Å². The molecule has 2 saturated heterocycles. The summed E-state index contributed by atoms with van der Waals surface area (Å²) >= 11 is 0. The van der Waals surface area contributed by atoms with Gasteiger partial charge in [0, 0.05) is 19.1 Å². The van der Waals surface area contributed by atoms with Crippen LogP contribution in [-0.4, -0.2) is 61.7 Å². The van der Waals surface area contributed by atoms with Crippen molar-refractivity contribution < 1.29 is 0 Å². The predicted octanol–water partition coefficient (Wildman–Crippen LogP) is 2.43. The van der Waals surface area contributed by atoms with Crippen LogP contribution in [0.4, 0.5) is 0 Å². The van der Waals surface area contributed by atoms with Crippen molar-refractivity contribution in [2.24, 2.45) is 11.8 Å². The van der Waals surface area contributed by atoms with Crippen molar-refractivity contribution in [3.8, 4) is 0 Å². The molecule has 1 unspecified atom stereocenters. The minimum Gasteiger partial charge on any atom is -0.315 e. The van der Waals surface area contributed by atoms with Gasteiger partial charge in [-0.1, -0.05) is 13.8 Å². The van der Waals surface area contributed by atoms with E-state index in [0.29, 0.717) is 6.04 Å². The Labute approximate surface area is 126 Å². The van der Waals surface area contributed by atoms with E-state index in [2.05, 4.69) is 35.9 Å². The summed E-state index contributed by atoms with van der Waals surface area (Å²) in [5.74, 6) is 1.72. The molecule has 2 aliphatic heterocycles. The molecule has 2 heterocycles. The Bertz CT molecular complexity index is 253. The van der Waals surface area contributed by atoms with Crippen molar-refractivity contribution in [1.82, 2.24) is 15.1 Å². The Morgan fingerprint density at radius 3 is 2.20 bits per heavy atom. The Hall–Kier alpha value is -0.120. The maximum Gasteiger partial charge on any atom is 0.0192 e. The lowest BCUT2D eigenvalue weighted by molar-refractivity contribution is 0.120. The van der Waals surface area contributed by atoms with Crippen LogP contribution in [-0.2, 0) is 0 Å². The van der Waals surface area contributed by atoms with Gasteiger partial charge in [-0.25, -0.2) is 0 Å². The number of nitrogens with zero attached hydrogens (tertiary/aromatic N) is 2. The Kier molecular flexibility index (Phi) is 6.79. The summed E-state index contributed by atoms with van der Waals surface area (Å²) in [5, 5.41) is 3.60. The molecule has 0 bridgehead atoms. The molecule has 0 aromatic carbocycles. The summed E-state index contributed by atoms with van der Waals surface area (Å²) in [6.07, 6.45) is 5.67. The van der Waals surface area contributed by atoms with E-state index < -0.39 is 0 Å². The molecule has 2 fully saturated rings. The number of rotatable bonds is 7. The van der Waals surface area contributed by atoms with Crippen molar-refractivity contribution in [2.75, 3.05) is 45.8 Å². The van der Waals surface area contributed by atoms with Crippen LogP contribution < -0.4 is 5.32 Å². The smallest absolute Gasteiger partial charge is 0.0192 e. The van der Waals surface area contributed by atoms with Gasteiger partial charge in [0.05, 0.1) is 0 Å². The number of likely N-dealkylation sites (tertiary alicyclic amines) is 2. The van der Waals surface area contributed by atoms with E-state index in [1.54, 1.807) is 0 Å². The van der Waals surface area contributed by atoms with E-state index in [1.807, 2.05) is 0 Å².